The van der Waals surface area contributed by atoms with Crippen molar-refractivity contribution < 1.29 is 0 Å². The molecule has 20 heavy (non-hydrogen) atoms. The van der Waals surface area contributed by atoms with Crippen molar-refractivity contribution in [3.63, 3.8) is 0 Å². The molecule has 108 valence electrons. The summed E-state index contributed by atoms with van der Waals surface area (Å²) in [5.74, 6) is 1.21. The Balaban J connectivity index is 1.59. The zero-order valence-corrected chi connectivity index (χ0v) is 13.1. The molecule has 1 aromatic rings. The Labute approximate surface area is 126 Å². The quantitative estimate of drug-likeness (QED) is 0.904. The first-order valence-corrected chi connectivity index (χ1v) is 8.81. The average molecular weight is 288 g/mol. The highest BCUT2D eigenvalue weighted by molar-refractivity contribution is 8.14. The summed E-state index contributed by atoms with van der Waals surface area (Å²) in [6.45, 7) is 2.99. The summed E-state index contributed by atoms with van der Waals surface area (Å²) in [5, 5.41) is 4.87. The molecule has 0 bridgehead atoms. The second-order valence-corrected chi connectivity index (χ2v) is 7.01. The standard InChI is InChI=1S/C17H24N2S/c1-2-14-6-8-15(9-7-14)12-18-16-19-17(13-20-16)10-4-3-5-11-17/h6-9H,2-5,10-13H2,1H3,(H,18,19). The van der Waals surface area contributed by atoms with Gasteiger partial charge in [0.25, 0.3) is 0 Å². The SMILES string of the molecule is CCc1ccc(CN=C2NC3(CCCCC3)CS2)cc1. The van der Waals surface area contributed by atoms with E-state index in [2.05, 4.69) is 36.5 Å². The van der Waals surface area contributed by atoms with Crippen molar-refractivity contribution in [3.8, 4) is 0 Å². The molecule has 0 atom stereocenters. The molecule has 1 aromatic carbocycles. The van der Waals surface area contributed by atoms with Gasteiger partial charge in [-0.2, -0.15) is 0 Å². The first-order valence-electron chi connectivity index (χ1n) is 7.83. The number of hydrogen-bond donors (Lipinski definition) is 1. The normalized spacial score (nSPS) is 23.1. The fourth-order valence-corrected chi connectivity index (χ4v) is 4.35. The van der Waals surface area contributed by atoms with E-state index in [0.29, 0.717) is 5.54 Å². The molecule has 0 aromatic heterocycles. The lowest BCUT2D eigenvalue weighted by Gasteiger charge is -2.32. The van der Waals surface area contributed by atoms with E-state index in [-0.39, 0.29) is 0 Å². The minimum Gasteiger partial charge on any atom is -0.359 e. The molecule has 0 amide bonds. The molecule has 1 N–H and O–H groups in total. The predicted octanol–water partition coefficient (Wildman–Crippen LogP) is 4.14. The monoisotopic (exact) mass is 288 g/mol. The Morgan fingerprint density at radius 2 is 1.80 bits per heavy atom. The minimum atomic E-state index is 0.369. The number of amidine groups is 1. The Kier molecular flexibility index (Phi) is 4.35. The molecule has 1 aliphatic carbocycles. The summed E-state index contributed by atoms with van der Waals surface area (Å²) >= 11 is 1.91. The number of thioether (sulfide) groups is 1. The maximum atomic E-state index is 4.77. The van der Waals surface area contributed by atoms with E-state index < -0.39 is 0 Å². The summed E-state index contributed by atoms with van der Waals surface area (Å²) in [6.07, 6.45) is 7.91. The van der Waals surface area contributed by atoms with Gasteiger partial charge in [-0.3, -0.25) is 4.99 Å². The Bertz CT molecular complexity index is 472. The highest BCUT2D eigenvalue weighted by atomic mass is 32.2. The van der Waals surface area contributed by atoms with Gasteiger partial charge in [-0.05, 0) is 30.4 Å². The summed E-state index contributed by atoms with van der Waals surface area (Å²) in [5.41, 5.74) is 3.07. The van der Waals surface area contributed by atoms with Crippen molar-refractivity contribution in [2.75, 3.05) is 5.75 Å². The molecule has 3 rings (SSSR count). The van der Waals surface area contributed by atoms with E-state index in [1.54, 1.807) is 0 Å². The van der Waals surface area contributed by atoms with Crippen molar-refractivity contribution >= 4 is 16.9 Å². The third-order valence-corrected chi connectivity index (χ3v) is 5.71. The molecule has 1 spiro atoms. The van der Waals surface area contributed by atoms with Crippen LogP contribution in [-0.4, -0.2) is 16.5 Å². The van der Waals surface area contributed by atoms with Gasteiger partial charge in [0.2, 0.25) is 0 Å². The fourth-order valence-electron chi connectivity index (χ4n) is 3.13. The maximum absolute atomic E-state index is 4.77. The van der Waals surface area contributed by atoms with Gasteiger partial charge in [0, 0.05) is 11.3 Å². The van der Waals surface area contributed by atoms with Gasteiger partial charge in [-0.25, -0.2) is 0 Å². The van der Waals surface area contributed by atoms with Crippen LogP contribution in [0, 0.1) is 0 Å². The molecule has 1 saturated carbocycles. The molecule has 1 aliphatic heterocycles. The van der Waals surface area contributed by atoms with Gasteiger partial charge in [0.1, 0.15) is 0 Å². The van der Waals surface area contributed by atoms with Gasteiger partial charge in [0.05, 0.1) is 6.54 Å². The van der Waals surface area contributed by atoms with E-state index in [9.17, 15) is 0 Å². The lowest BCUT2D eigenvalue weighted by Crippen LogP contribution is -2.45. The Morgan fingerprint density at radius 1 is 1.10 bits per heavy atom. The van der Waals surface area contributed by atoms with Crippen LogP contribution in [0.1, 0.15) is 50.2 Å². The second-order valence-electron chi connectivity index (χ2n) is 6.05. The second kappa shape index (κ2) is 6.21. The topological polar surface area (TPSA) is 24.4 Å². The summed E-state index contributed by atoms with van der Waals surface area (Å²) in [6, 6.07) is 8.85. The van der Waals surface area contributed by atoms with Crippen molar-refractivity contribution in [2.24, 2.45) is 4.99 Å². The minimum absolute atomic E-state index is 0.369. The molecule has 2 fully saturated rings. The van der Waals surface area contributed by atoms with Crippen LogP contribution in [0.15, 0.2) is 29.3 Å². The number of nitrogens with zero attached hydrogens (tertiary/aromatic N) is 1. The molecule has 2 nitrogen and oxygen atoms in total. The highest BCUT2D eigenvalue weighted by Crippen LogP contribution is 2.36. The Hall–Kier alpha value is -0.960. The molecular weight excluding hydrogens is 264 g/mol. The first kappa shape index (κ1) is 14.0. The number of aliphatic imine (C=N–C) groups is 1. The predicted molar refractivity (Wildman–Crippen MR) is 88.4 cm³/mol. The third-order valence-electron chi connectivity index (χ3n) is 4.50. The van der Waals surface area contributed by atoms with E-state index in [1.165, 1.54) is 49.0 Å². The van der Waals surface area contributed by atoms with Gasteiger partial charge in [-0.15, -0.1) is 0 Å². The maximum Gasteiger partial charge on any atom is 0.157 e. The first-order chi connectivity index (χ1) is 9.80. The van der Waals surface area contributed by atoms with Gasteiger partial charge < -0.3 is 5.32 Å². The summed E-state index contributed by atoms with van der Waals surface area (Å²) in [7, 11) is 0. The summed E-state index contributed by atoms with van der Waals surface area (Å²) in [4.78, 5) is 4.77. The molecule has 1 heterocycles. The van der Waals surface area contributed by atoms with E-state index in [0.717, 1.165) is 18.1 Å². The van der Waals surface area contributed by atoms with E-state index in [1.807, 2.05) is 11.8 Å². The summed E-state index contributed by atoms with van der Waals surface area (Å²) < 4.78 is 0. The fraction of sp³-hybridized carbons (Fsp3) is 0.588. The van der Waals surface area contributed by atoms with E-state index >= 15 is 0 Å². The van der Waals surface area contributed by atoms with Crippen molar-refractivity contribution in [2.45, 2.75) is 57.5 Å². The third kappa shape index (κ3) is 3.20. The molecule has 1 saturated heterocycles. The smallest absolute Gasteiger partial charge is 0.157 e. The van der Waals surface area contributed by atoms with Gasteiger partial charge in [0.15, 0.2) is 5.17 Å². The molecular formula is C17H24N2S. The van der Waals surface area contributed by atoms with Crippen LogP contribution in [0.4, 0.5) is 0 Å². The largest absolute Gasteiger partial charge is 0.359 e. The lowest BCUT2D eigenvalue weighted by atomic mass is 9.83. The van der Waals surface area contributed by atoms with Crippen LogP contribution >= 0.6 is 11.8 Å². The Morgan fingerprint density at radius 3 is 2.50 bits per heavy atom. The van der Waals surface area contributed by atoms with Crippen LogP contribution < -0.4 is 5.32 Å². The number of aryl methyl sites for hydroxylation is 1. The number of benzene rings is 1. The van der Waals surface area contributed by atoms with Crippen molar-refractivity contribution in [1.82, 2.24) is 5.32 Å². The highest BCUT2D eigenvalue weighted by Gasteiger charge is 2.37. The molecule has 0 unspecified atom stereocenters. The van der Waals surface area contributed by atoms with Crippen molar-refractivity contribution in [1.29, 1.82) is 0 Å². The average Bonchev–Trinajstić information content (AvgIpc) is 2.89. The number of rotatable bonds is 3. The number of nitrogens with one attached hydrogen (secondary N) is 1. The zero-order valence-electron chi connectivity index (χ0n) is 12.3. The van der Waals surface area contributed by atoms with Crippen LogP contribution in [0.2, 0.25) is 0 Å². The van der Waals surface area contributed by atoms with Crippen LogP contribution in [-0.2, 0) is 13.0 Å². The van der Waals surface area contributed by atoms with Crippen LogP contribution in [0.3, 0.4) is 0 Å². The van der Waals surface area contributed by atoms with Gasteiger partial charge in [-0.1, -0.05) is 62.2 Å². The number of hydrogen-bond acceptors (Lipinski definition) is 2. The zero-order chi connectivity index (χ0) is 13.8. The van der Waals surface area contributed by atoms with Crippen LogP contribution in [0.25, 0.3) is 0 Å². The molecule has 3 heteroatoms. The van der Waals surface area contributed by atoms with Gasteiger partial charge >= 0.3 is 0 Å². The van der Waals surface area contributed by atoms with Crippen molar-refractivity contribution in [3.05, 3.63) is 35.4 Å². The van der Waals surface area contributed by atoms with Crippen LogP contribution in [0.5, 0.6) is 0 Å². The molecule has 0 radical (unpaired) electrons. The van der Waals surface area contributed by atoms with E-state index in [4.69, 9.17) is 4.99 Å². The lowest BCUT2D eigenvalue weighted by molar-refractivity contribution is 0.303. The molecule has 2 aliphatic rings.